The van der Waals surface area contributed by atoms with Gasteiger partial charge in [0, 0.05) is 19.9 Å². The molecule has 6 heteroatoms. The van der Waals surface area contributed by atoms with Gasteiger partial charge in [-0.15, -0.1) is 0 Å². The summed E-state index contributed by atoms with van der Waals surface area (Å²) >= 11 is 5.91. The van der Waals surface area contributed by atoms with Crippen LogP contribution in [-0.2, 0) is 4.74 Å². The first kappa shape index (κ1) is 13.7. The molecule has 0 amide bonds. The molecule has 0 aromatic carbocycles. The molecule has 0 aliphatic heterocycles. The van der Waals surface area contributed by atoms with Crippen molar-refractivity contribution in [3.05, 3.63) is 22.8 Å². The molecule has 5 nitrogen and oxygen atoms in total. The molecule has 0 saturated carbocycles. The minimum absolute atomic E-state index is 0.0745. The molecule has 1 atom stereocenters. The van der Waals surface area contributed by atoms with Crippen molar-refractivity contribution in [1.29, 1.82) is 0 Å². The number of aromatic carboxylic acids is 1. The van der Waals surface area contributed by atoms with E-state index in [0.717, 1.165) is 0 Å². The molecule has 0 aliphatic rings. The first-order valence-corrected chi connectivity index (χ1v) is 5.54. The number of carboxylic acid groups (broad SMARTS) is 1. The van der Waals surface area contributed by atoms with Crippen LogP contribution in [0.4, 0.5) is 5.82 Å². The van der Waals surface area contributed by atoms with Gasteiger partial charge in [0.25, 0.3) is 0 Å². The van der Waals surface area contributed by atoms with Crippen molar-refractivity contribution in [2.45, 2.75) is 6.92 Å². The van der Waals surface area contributed by atoms with Crippen molar-refractivity contribution in [2.24, 2.45) is 5.92 Å². The summed E-state index contributed by atoms with van der Waals surface area (Å²) < 4.78 is 5.00. The van der Waals surface area contributed by atoms with Crippen LogP contribution in [0.1, 0.15) is 17.3 Å². The minimum atomic E-state index is -1.04. The standard InChI is InChI=1S/C11H15ClN2O3/c1-7(6-17-2)4-13-10-9(12)3-8(5-14-10)11(15)16/h3,5,7H,4,6H2,1-2H3,(H,13,14)(H,15,16). The zero-order chi connectivity index (χ0) is 12.8. The van der Waals surface area contributed by atoms with E-state index in [-0.39, 0.29) is 5.56 Å². The third kappa shape index (κ3) is 4.20. The zero-order valence-corrected chi connectivity index (χ0v) is 10.5. The van der Waals surface area contributed by atoms with E-state index in [0.29, 0.717) is 29.9 Å². The van der Waals surface area contributed by atoms with E-state index in [9.17, 15) is 4.79 Å². The number of nitrogens with one attached hydrogen (secondary N) is 1. The molecule has 1 unspecified atom stereocenters. The molecular formula is C11H15ClN2O3. The Kier molecular flexibility index (Phi) is 5.18. The molecule has 2 N–H and O–H groups in total. The van der Waals surface area contributed by atoms with Crippen LogP contribution >= 0.6 is 11.6 Å². The van der Waals surface area contributed by atoms with Crippen molar-refractivity contribution in [3.8, 4) is 0 Å². The number of ether oxygens (including phenoxy) is 1. The third-order valence-corrected chi connectivity index (χ3v) is 2.45. The van der Waals surface area contributed by atoms with Gasteiger partial charge in [0.1, 0.15) is 5.82 Å². The minimum Gasteiger partial charge on any atom is -0.478 e. The summed E-state index contributed by atoms with van der Waals surface area (Å²) in [6.45, 7) is 3.32. The van der Waals surface area contributed by atoms with Gasteiger partial charge in [-0.25, -0.2) is 9.78 Å². The highest BCUT2D eigenvalue weighted by atomic mass is 35.5. The molecule has 0 fully saturated rings. The fourth-order valence-electron chi connectivity index (χ4n) is 1.30. The Hall–Kier alpha value is -1.33. The topological polar surface area (TPSA) is 71.5 Å². The van der Waals surface area contributed by atoms with Crippen LogP contribution in [0.15, 0.2) is 12.3 Å². The second-order valence-electron chi connectivity index (χ2n) is 3.80. The number of nitrogens with zero attached hydrogens (tertiary/aromatic N) is 1. The quantitative estimate of drug-likeness (QED) is 0.818. The molecule has 94 valence electrons. The fraction of sp³-hybridized carbons (Fsp3) is 0.455. The fourth-order valence-corrected chi connectivity index (χ4v) is 1.53. The number of methoxy groups -OCH3 is 1. The van der Waals surface area contributed by atoms with Gasteiger partial charge in [0.2, 0.25) is 0 Å². The lowest BCUT2D eigenvalue weighted by atomic mass is 10.2. The lowest BCUT2D eigenvalue weighted by Crippen LogP contribution is -2.16. The number of aromatic nitrogens is 1. The number of rotatable bonds is 6. The highest BCUT2D eigenvalue weighted by Crippen LogP contribution is 2.20. The van der Waals surface area contributed by atoms with Crippen molar-refractivity contribution in [1.82, 2.24) is 4.98 Å². The van der Waals surface area contributed by atoms with Gasteiger partial charge in [0.15, 0.2) is 0 Å². The number of carbonyl (C=O) groups is 1. The molecule has 0 saturated heterocycles. The molecule has 1 aromatic rings. The molecule has 17 heavy (non-hydrogen) atoms. The number of carboxylic acids is 1. The van der Waals surface area contributed by atoms with Crippen LogP contribution in [0.2, 0.25) is 5.02 Å². The predicted molar refractivity (Wildman–Crippen MR) is 65.7 cm³/mol. The summed E-state index contributed by atoms with van der Waals surface area (Å²) in [5, 5.41) is 12.1. The van der Waals surface area contributed by atoms with Gasteiger partial charge in [-0.1, -0.05) is 18.5 Å². The van der Waals surface area contributed by atoms with Crippen molar-refractivity contribution < 1.29 is 14.6 Å². The van der Waals surface area contributed by atoms with E-state index >= 15 is 0 Å². The summed E-state index contributed by atoms with van der Waals surface area (Å²) in [5.74, 6) is -0.240. The molecule has 0 aliphatic carbocycles. The SMILES string of the molecule is COCC(C)CNc1ncc(C(=O)O)cc1Cl. The monoisotopic (exact) mass is 258 g/mol. The number of halogens is 1. The Balaban J connectivity index is 2.63. The first-order valence-electron chi connectivity index (χ1n) is 5.16. The van der Waals surface area contributed by atoms with Crippen molar-refractivity contribution in [2.75, 3.05) is 25.6 Å². The maximum absolute atomic E-state index is 10.7. The van der Waals surface area contributed by atoms with Crippen LogP contribution in [0.3, 0.4) is 0 Å². The average Bonchev–Trinajstić information content (AvgIpc) is 2.27. The molecular weight excluding hydrogens is 244 g/mol. The third-order valence-electron chi connectivity index (χ3n) is 2.16. The lowest BCUT2D eigenvalue weighted by molar-refractivity contribution is 0.0696. The van der Waals surface area contributed by atoms with Gasteiger partial charge >= 0.3 is 5.97 Å². The van der Waals surface area contributed by atoms with Gasteiger partial charge in [0.05, 0.1) is 17.2 Å². The van der Waals surface area contributed by atoms with E-state index in [1.165, 1.54) is 12.3 Å². The van der Waals surface area contributed by atoms with Gasteiger partial charge in [-0.2, -0.15) is 0 Å². The lowest BCUT2D eigenvalue weighted by Gasteiger charge is -2.12. The van der Waals surface area contributed by atoms with Gasteiger partial charge < -0.3 is 15.2 Å². The molecule has 1 heterocycles. The molecule has 0 bridgehead atoms. The van der Waals surface area contributed by atoms with E-state index in [1.807, 2.05) is 6.92 Å². The van der Waals surface area contributed by atoms with E-state index < -0.39 is 5.97 Å². The summed E-state index contributed by atoms with van der Waals surface area (Å²) in [6, 6.07) is 1.38. The van der Waals surface area contributed by atoms with E-state index in [1.54, 1.807) is 7.11 Å². The first-order chi connectivity index (χ1) is 8.04. The highest BCUT2D eigenvalue weighted by molar-refractivity contribution is 6.33. The highest BCUT2D eigenvalue weighted by Gasteiger charge is 2.09. The van der Waals surface area contributed by atoms with Crippen LogP contribution in [0.5, 0.6) is 0 Å². The number of hydrogen-bond acceptors (Lipinski definition) is 4. The Morgan fingerprint density at radius 3 is 2.94 bits per heavy atom. The normalized spacial score (nSPS) is 12.2. The maximum atomic E-state index is 10.7. The van der Waals surface area contributed by atoms with Crippen LogP contribution in [-0.4, -0.2) is 36.3 Å². The van der Waals surface area contributed by atoms with Crippen molar-refractivity contribution in [3.63, 3.8) is 0 Å². The Morgan fingerprint density at radius 1 is 1.71 bits per heavy atom. The summed E-state index contributed by atoms with van der Waals surface area (Å²) in [4.78, 5) is 14.6. The number of anilines is 1. The zero-order valence-electron chi connectivity index (χ0n) is 9.74. The predicted octanol–water partition coefficient (Wildman–Crippen LogP) is 2.13. The second-order valence-corrected chi connectivity index (χ2v) is 4.21. The number of pyridine rings is 1. The summed E-state index contributed by atoms with van der Waals surface area (Å²) in [5.41, 5.74) is 0.0745. The van der Waals surface area contributed by atoms with Crippen LogP contribution in [0, 0.1) is 5.92 Å². The maximum Gasteiger partial charge on any atom is 0.337 e. The summed E-state index contributed by atoms with van der Waals surface area (Å²) in [6.07, 6.45) is 1.28. The molecule has 0 spiro atoms. The van der Waals surface area contributed by atoms with Crippen molar-refractivity contribution >= 4 is 23.4 Å². The smallest absolute Gasteiger partial charge is 0.337 e. The van der Waals surface area contributed by atoms with Crippen LogP contribution in [0.25, 0.3) is 0 Å². The largest absolute Gasteiger partial charge is 0.478 e. The van der Waals surface area contributed by atoms with Gasteiger partial charge in [-0.3, -0.25) is 0 Å². The van der Waals surface area contributed by atoms with Gasteiger partial charge in [-0.05, 0) is 12.0 Å². The molecule has 1 rings (SSSR count). The molecule has 1 aromatic heterocycles. The average molecular weight is 259 g/mol. The van der Waals surface area contributed by atoms with E-state index in [4.69, 9.17) is 21.4 Å². The Labute approximate surface area is 105 Å². The number of hydrogen-bond donors (Lipinski definition) is 2. The molecule has 0 radical (unpaired) electrons. The van der Waals surface area contributed by atoms with Crippen LogP contribution < -0.4 is 5.32 Å². The summed E-state index contributed by atoms with van der Waals surface area (Å²) in [7, 11) is 1.64. The Bertz CT molecular complexity index is 398. The van der Waals surface area contributed by atoms with E-state index in [2.05, 4.69) is 10.3 Å². The second kappa shape index (κ2) is 6.42. The Morgan fingerprint density at radius 2 is 2.41 bits per heavy atom.